The molecule has 0 saturated carbocycles. The van der Waals surface area contributed by atoms with Crippen molar-refractivity contribution in [3.8, 4) is 0 Å². The minimum absolute atomic E-state index is 0.138. The highest BCUT2D eigenvalue weighted by Gasteiger charge is 2.19. The molecule has 0 spiro atoms. The molecule has 0 aliphatic carbocycles. The number of hydrogen-bond acceptors (Lipinski definition) is 3. The van der Waals surface area contributed by atoms with Gasteiger partial charge in [-0.2, -0.15) is 0 Å². The zero-order chi connectivity index (χ0) is 16.9. The third-order valence-electron chi connectivity index (χ3n) is 4.22. The van der Waals surface area contributed by atoms with Crippen molar-refractivity contribution in [1.82, 2.24) is 10.6 Å². The SMILES string of the molecule is CN(C(=O)c1cccc(C(=O)NC2CCNC2)c1)c1ccccc1. The number of nitrogens with one attached hydrogen (secondary N) is 2. The topological polar surface area (TPSA) is 61.4 Å². The van der Waals surface area contributed by atoms with Gasteiger partial charge in [-0.15, -0.1) is 0 Å². The van der Waals surface area contributed by atoms with Crippen molar-refractivity contribution in [3.63, 3.8) is 0 Å². The van der Waals surface area contributed by atoms with Gasteiger partial charge in [0.05, 0.1) is 0 Å². The van der Waals surface area contributed by atoms with E-state index in [4.69, 9.17) is 0 Å². The van der Waals surface area contributed by atoms with Gasteiger partial charge in [0.25, 0.3) is 11.8 Å². The summed E-state index contributed by atoms with van der Waals surface area (Å²) in [5, 5.41) is 6.21. The van der Waals surface area contributed by atoms with Crippen LogP contribution >= 0.6 is 0 Å². The summed E-state index contributed by atoms with van der Waals surface area (Å²) in [6, 6.07) is 16.5. The molecule has 2 aromatic carbocycles. The third-order valence-corrected chi connectivity index (χ3v) is 4.22. The molecular weight excluding hydrogens is 302 g/mol. The van der Waals surface area contributed by atoms with Crippen LogP contribution in [-0.2, 0) is 0 Å². The highest BCUT2D eigenvalue weighted by molar-refractivity contribution is 6.07. The summed E-state index contributed by atoms with van der Waals surface area (Å²) < 4.78 is 0. The van der Waals surface area contributed by atoms with Crippen molar-refractivity contribution in [2.24, 2.45) is 0 Å². The number of hydrogen-bond donors (Lipinski definition) is 2. The maximum absolute atomic E-state index is 12.6. The minimum Gasteiger partial charge on any atom is -0.348 e. The molecule has 124 valence electrons. The Hall–Kier alpha value is -2.66. The van der Waals surface area contributed by atoms with Crippen molar-refractivity contribution < 1.29 is 9.59 Å². The second-order valence-electron chi connectivity index (χ2n) is 5.94. The van der Waals surface area contributed by atoms with E-state index < -0.39 is 0 Å². The van der Waals surface area contributed by atoms with Crippen LogP contribution in [0.3, 0.4) is 0 Å². The van der Waals surface area contributed by atoms with Crippen LogP contribution in [0.5, 0.6) is 0 Å². The van der Waals surface area contributed by atoms with Gasteiger partial charge >= 0.3 is 0 Å². The molecule has 1 aliphatic rings. The maximum atomic E-state index is 12.6. The van der Waals surface area contributed by atoms with Gasteiger partial charge in [-0.1, -0.05) is 24.3 Å². The second-order valence-corrected chi connectivity index (χ2v) is 5.94. The fraction of sp³-hybridized carbons (Fsp3) is 0.263. The van der Waals surface area contributed by atoms with Crippen molar-refractivity contribution in [2.75, 3.05) is 25.0 Å². The Labute approximate surface area is 141 Å². The van der Waals surface area contributed by atoms with E-state index in [-0.39, 0.29) is 17.9 Å². The first-order chi connectivity index (χ1) is 11.6. The molecule has 1 fully saturated rings. The molecule has 1 heterocycles. The summed E-state index contributed by atoms with van der Waals surface area (Å²) in [4.78, 5) is 26.6. The second kappa shape index (κ2) is 7.27. The average Bonchev–Trinajstić information content (AvgIpc) is 3.14. The molecule has 24 heavy (non-hydrogen) atoms. The number of amides is 2. The van der Waals surface area contributed by atoms with Crippen LogP contribution in [0.2, 0.25) is 0 Å². The molecule has 2 amide bonds. The zero-order valence-corrected chi connectivity index (χ0v) is 13.7. The lowest BCUT2D eigenvalue weighted by molar-refractivity contribution is 0.0940. The van der Waals surface area contributed by atoms with Crippen LogP contribution in [0, 0.1) is 0 Å². The molecule has 2 N–H and O–H groups in total. The van der Waals surface area contributed by atoms with Crippen LogP contribution in [0.4, 0.5) is 5.69 Å². The van der Waals surface area contributed by atoms with E-state index in [0.717, 1.165) is 25.2 Å². The van der Waals surface area contributed by atoms with Gasteiger partial charge in [-0.25, -0.2) is 0 Å². The predicted molar refractivity (Wildman–Crippen MR) is 94.4 cm³/mol. The number of rotatable bonds is 4. The molecule has 0 bridgehead atoms. The Balaban J connectivity index is 1.74. The van der Waals surface area contributed by atoms with E-state index in [0.29, 0.717) is 11.1 Å². The maximum Gasteiger partial charge on any atom is 0.258 e. The van der Waals surface area contributed by atoms with Crippen LogP contribution in [0.15, 0.2) is 54.6 Å². The minimum atomic E-state index is -0.140. The molecule has 5 nitrogen and oxygen atoms in total. The number of carbonyl (C=O) groups is 2. The van der Waals surface area contributed by atoms with Crippen molar-refractivity contribution in [3.05, 3.63) is 65.7 Å². The van der Waals surface area contributed by atoms with Gasteiger partial charge in [0.15, 0.2) is 0 Å². The van der Waals surface area contributed by atoms with E-state index in [2.05, 4.69) is 10.6 Å². The van der Waals surface area contributed by atoms with Gasteiger partial charge in [0, 0.05) is 36.4 Å². The van der Waals surface area contributed by atoms with Crippen LogP contribution in [-0.4, -0.2) is 38.0 Å². The summed E-state index contributed by atoms with van der Waals surface area (Å²) >= 11 is 0. The van der Waals surface area contributed by atoms with Gasteiger partial charge in [-0.05, 0) is 43.3 Å². The Morgan fingerprint density at radius 1 is 1.08 bits per heavy atom. The van der Waals surface area contributed by atoms with Crippen LogP contribution < -0.4 is 15.5 Å². The van der Waals surface area contributed by atoms with Gasteiger partial charge in [0.1, 0.15) is 0 Å². The highest BCUT2D eigenvalue weighted by Crippen LogP contribution is 2.16. The average molecular weight is 323 g/mol. The van der Waals surface area contributed by atoms with Gasteiger partial charge in [-0.3, -0.25) is 9.59 Å². The third kappa shape index (κ3) is 3.63. The van der Waals surface area contributed by atoms with Crippen molar-refractivity contribution in [2.45, 2.75) is 12.5 Å². The molecule has 0 radical (unpaired) electrons. The number of anilines is 1. The number of para-hydroxylation sites is 1. The van der Waals surface area contributed by atoms with Crippen molar-refractivity contribution >= 4 is 17.5 Å². The van der Waals surface area contributed by atoms with E-state index >= 15 is 0 Å². The molecule has 1 aliphatic heterocycles. The van der Waals surface area contributed by atoms with Crippen LogP contribution in [0.1, 0.15) is 27.1 Å². The quantitative estimate of drug-likeness (QED) is 0.905. The summed E-state index contributed by atoms with van der Waals surface area (Å²) in [6.07, 6.45) is 0.932. The molecule has 1 atom stereocenters. The van der Waals surface area contributed by atoms with E-state index in [1.165, 1.54) is 0 Å². The summed E-state index contributed by atoms with van der Waals surface area (Å²) in [5.41, 5.74) is 1.82. The monoisotopic (exact) mass is 323 g/mol. The summed E-state index contributed by atoms with van der Waals surface area (Å²) in [6.45, 7) is 1.71. The Bertz CT molecular complexity index is 724. The standard InChI is InChI=1S/C19H21N3O2/c1-22(17-8-3-2-4-9-17)19(24)15-7-5-6-14(12-15)18(23)21-16-10-11-20-13-16/h2-9,12,16,20H,10-11,13H2,1H3,(H,21,23). The first kappa shape index (κ1) is 16.2. The Kier molecular flexibility index (Phi) is 4.91. The van der Waals surface area contributed by atoms with E-state index in [1.54, 1.807) is 36.2 Å². The van der Waals surface area contributed by atoms with E-state index in [1.807, 2.05) is 30.3 Å². The molecule has 1 unspecified atom stereocenters. The zero-order valence-electron chi connectivity index (χ0n) is 13.7. The lowest BCUT2D eigenvalue weighted by atomic mass is 10.1. The van der Waals surface area contributed by atoms with E-state index in [9.17, 15) is 9.59 Å². The van der Waals surface area contributed by atoms with Gasteiger partial charge in [0.2, 0.25) is 0 Å². The predicted octanol–water partition coefficient (Wildman–Crippen LogP) is 2.05. The summed E-state index contributed by atoms with van der Waals surface area (Å²) in [7, 11) is 1.73. The van der Waals surface area contributed by atoms with Crippen molar-refractivity contribution in [1.29, 1.82) is 0 Å². The molecule has 3 rings (SSSR count). The normalized spacial score (nSPS) is 16.6. The first-order valence-electron chi connectivity index (χ1n) is 8.10. The fourth-order valence-electron chi connectivity index (χ4n) is 2.80. The molecule has 0 aromatic heterocycles. The lowest BCUT2D eigenvalue weighted by Crippen LogP contribution is -2.36. The molecule has 2 aromatic rings. The number of nitrogens with zero attached hydrogens (tertiary/aromatic N) is 1. The molecule has 5 heteroatoms. The van der Waals surface area contributed by atoms with Crippen LogP contribution in [0.25, 0.3) is 0 Å². The number of benzene rings is 2. The van der Waals surface area contributed by atoms with Gasteiger partial charge < -0.3 is 15.5 Å². The lowest BCUT2D eigenvalue weighted by Gasteiger charge is -2.18. The largest absolute Gasteiger partial charge is 0.348 e. The number of carbonyl (C=O) groups excluding carboxylic acids is 2. The summed E-state index contributed by atoms with van der Waals surface area (Å²) in [5.74, 6) is -0.279. The highest BCUT2D eigenvalue weighted by atomic mass is 16.2. The Morgan fingerprint density at radius 3 is 2.54 bits per heavy atom. The Morgan fingerprint density at radius 2 is 1.83 bits per heavy atom. The molecular formula is C19H21N3O2. The molecule has 1 saturated heterocycles. The fourth-order valence-corrected chi connectivity index (χ4v) is 2.80. The smallest absolute Gasteiger partial charge is 0.258 e. The first-order valence-corrected chi connectivity index (χ1v) is 8.10.